The quantitative estimate of drug-likeness (QED) is 0.159. The largest absolute Gasteiger partial charge is 0.522 e. The van der Waals surface area contributed by atoms with E-state index in [0.29, 0.717) is 0 Å². The van der Waals surface area contributed by atoms with Gasteiger partial charge in [-0.2, -0.15) is 21.6 Å². The molecule has 0 bridgehead atoms. The van der Waals surface area contributed by atoms with E-state index in [1.165, 1.54) is 0 Å². The zero-order valence-electron chi connectivity index (χ0n) is 11.4. The van der Waals surface area contributed by atoms with Crippen molar-refractivity contribution in [3.63, 3.8) is 0 Å². The number of aliphatic hydroxyl groups excluding tert-OH is 5. The molecule has 0 heterocycles. The number of Topliss-reactive ketones (excluding diaryl/α,β-unsaturated/α-hetero) is 2. The summed E-state index contributed by atoms with van der Waals surface area (Å²) in [6, 6.07) is 0. The second kappa shape index (κ2) is 9.21. The van der Waals surface area contributed by atoms with Gasteiger partial charge in [0.15, 0.2) is 5.78 Å². The fourth-order valence-corrected chi connectivity index (χ4v) is 0.886. The highest BCUT2D eigenvalue weighted by Gasteiger charge is 2.44. The van der Waals surface area contributed by atoms with Gasteiger partial charge in [-0.05, 0) is 0 Å². The summed E-state index contributed by atoms with van der Waals surface area (Å²) in [6.07, 6.45) is -7.75. The van der Waals surface area contributed by atoms with Gasteiger partial charge in [-0.3, -0.25) is 14.1 Å². The van der Waals surface area contributed by atoms with Crippen LogP contribution in [0.3, 0.4) is 0 Å². The second-order valence-electron chi connectivity index (χ2n) is 4.02. The Bertz CT molecular complexity index is 502. The highest BCUT2D eigenvalue weighted by molar-refractivity contribution is 7.86. The summed E-state index contributed by atoms with van der Waals surface area (Å²) >= 11 is 0. The van der Waals surface area contributed by atoms with Crippen LogP contribution in [0, 0.1) is 0 Å². The van der Waals surface area contributed by atoms with Gasteiger partial charge in [-0.15, -0.1) is 0 Å². The van der Waals surface area contributed by atoms with E-state index in [9.17, 15) is 22.8 Å². The van der Waals surface area contributed by atoms with Crippen molar-refractivity contribution < 1.29 is 61.3 Å². The highest BCUT2D eigenvalue weighted by atomic mass is 32.2. The van der Waals surface area contributed by atoms with Crippen LogP contribution >= 0.6 is 0 Å². The number of carbonyl (C=O) groups is 2. The fraction of sp³-hybridized carbons (Fsp3) is 0.778. The van der Waals surface area contributed by atoms with Crippen molar-refractivity contribution in [2.45, 2.75) is 36.8 Å². The minimum absolute atomic E-state index is 0.848. The number of aliphatic hydroxyl groups is 5. The third-order valence-electron chi connectivity index (χ3n) is 2.16. The molecule has 14 heteroatoms. The topological polar surface area (TPSA) is 190 Å². The van der Waals surface area contributed by atoms with Crippen molar-refractivity contribution in [1.29, 1.82) is 0 Å². The van der Waals surface area contributed by atoms with E-state index in [4.69, 9.17) is 38.5 Å². The monoisotopic (exact) mass is 372 g/mol. The average molecular weight is 372 g/mol. The molecule has 0 spiro atoms. The third kappa shape index (κ3) is 8.31. The average Bonchev–Trinajstić information content (AvgIpc) is 2.41. The SMILES string of the molecule is CC(=O)C(=O)[C@@H](O)[C@@H](O)[C@H](O)[C@H](O)CO.O=S(=O)(O)C(F)(F)F. The molecule has 4 atom stereocenters. The first kappa shape index (κ1) is 24.1. The van der Waals surface area contributed by atoms with E-state index in [1.54, 1.807) is 0 Å². The van der Waals surface area contributed by atoms with Crippen LogP contribution in [0.15, 0.2) is 0 Å². The summed E-state index contributed by atoms with van der Waals surface area (Å²) in [5, 5.41) is 44.7. The Morgan fingerprint density at radius 2 is 1.39 bits per heavy atom. The molecule has 0 aliphatic heterocycles. The molecule has 0 fully saturated rings. The van der Waals surface area contributed by atoms with E-state index >= 15 is 0 Å². The third-order valence-corrected chi connectivity index (χ3v) is 2.75. The van der Waals surface area contributed by atoms with Crippen molar-refractivity contribution in [2.75, 3.05) is 6.61 Å². The first-order valence-electron chi connectivity index (χ1n) is 5.49. The molecule has 0 aliphatic carbocycles. The van der Waals surface area contributed by atoms with Gasteiger partial charge in [0, 0.05) is 6.92 Å². The normalized spacial score (nSPS) is 17.3. The molecule has 10 nitrogen and oxygen atoms in total. The molecule has 0 aliphatic rings. The molecule has 6 N–H and O–H groups in total. The highest BCUT2D eigenvalue weighted by Crippen LogP contribution is 2.20. The van der Waals surface area contributed by atoms with Crippen molar-refractivity contribution in [3.05, 3.63) is 0 Å². The smallest absolute Gasteiger partial charge is 0.394 e. The Morgan fingerprint density at radius 1 is 1.04 bits per heavy atom. The van der Waals surface area contributed by atoms with Crippen LogP contribution in [-0.2, 0) is 19.7 Å². The number of ketones is 2. The molecular weight excluding hydrogens is 357 g/mol. The van der Waals surface area contributed by atoms with Crippen molar-refractivity contribution in [3.8, 4) is 0 Å². The lowest BCUT2D eigenvalue weighted by molar-refractivity contribution is -0.153. The maximum atomic E-state index is 10.9. The van der Waals surface area contributed by atoms with Gasteiger partial charge in [-0.25, -0.2) is 0 Å². The van der Waals surface area contributed by atoms with Crippen molar-refractivity contribution >= 4 is 21.7 Å². The molecule has 0 saturated heterocycles. The van der Waals surface area contributed by atoms with Crippen LogP contribution in [0.5, 0.6) is 0 Å². The van der Waals surface area contributed by atoms with Crippen LogP contribution in [0.4, 0.5) is 13.2 Å². The van der Waals surface area contributed by atoms with Crippen molar-refractivity contribution in [1.82, 2.24) is 0 Å². The summed E-state index contributed by atoms with van der Waals surface area (Å²) in [4.78, 5) is 21.4. The molecule has 0 rings (SSSR count). The zero-order chi connectivity index (χ0) is 19.2. The standard InChI is InChI=1S/C8H14O7.CHF3O3S/c1-3(10)5(12)7(14)8(15)6(13)4(11)2-9;2-1(3,4)8(5,6)7/h4,6-9,11,13-15H,2H2,1H3;(H,5,6,7)/t4-,6-,7-,8+;/m1./s1. The van der Waals surface area contributed by atoms with Gasteiger partial charge in [0.1, 0.15) is 24.4 Å². The van der Waals surface area contributed by atoms with E-state index in [1.807, 2.05) is 0 Å². The molecular formula is C9H15F3O10S. The van der Waals surface area contributed by atoms with Gasteiger partial charge >= 0.3 is 15.6 Å². The maximum absolute atomic E-state index is 10.9. The molecule has 0 unspecified atom stereocenters. The molecule has 23 heavy (non-hydrogen) atoms. The van der Waals surface area contributed by atoms with Gasteiger partial charge < -0.3 is 25.5 Å². The Kier molecular flexibility index (Phi) is 9.65. The lowest BCUT2D eigenvalue weighted by Crippen LogP contribution is -2.49. The fourth-order valence-electron chi connectivity index (χ4n) is 0.886. The predicted octanol–water partition coefficient (Wildman–Crippen LogP) is -3.03. The Labute approximate surface area is 127 Å². The molecule has 0 amide bonds. The number of halogens is 3. The van der Waals surface area contributed by atoms with E-state index in [2.05, 4.69) is 0 Å². The molecule has 0 radical (unpaired) electrons. The van der Waals surface area contributed by atoms with Crippen LogP contribution in [0.25, 0.3) is 0 Å². The maximum Gasteiger partial charge on any atom is 0.522 e. The Hall–Kier alpha value is -1.16. The Morgan fingerprint density at radius 3 is 1.61 bits per heavy atom. The van der Waals surface area contributed by atoms with Crippen LogP contribution in [-0.4, -0.2) is 86.6 Å². The van der Waals surface area contributed by atoms with Crippen LogP contribution in [0.2, 0.25) is 0 Å². The minimum atomic E-state index is -5.84. The predicted molar refractivity (Wildman–Crippen MR) is 64.4 cm³/mol. The number of alkyl halides is 3. The van der Waals surface area contributed by atoms with E-state index < -0.39 is 58.2 Å². The van der Waals surface area contributed by atoms with Gasteiger partial charge in [-0.1, -0.05) is 0 Å². The lowest BCUT2D eigenvalue weighted by Gasteiger charge is -2.24. The summed E-state index contributed by atoms with van der Waals surface area (Å²) in [5.41, 5.74) is -5.53. The molecule has 0 aromatic rings. The molecule has 0 aromatic heterocycles. The van der Waals surface area contributed by atoms with E-state index in [0.717, 1.165) is 6.92 Å². The lowest BCUT2D eigenvalue weighted by atomic mass is 9.99. The van der Waals surface area contributed by atoms with Crippen LogP contribution in [0.1, 0.15) is 6.92 Å². The van der Waals surface area contributed by atoms with Gasteiger partial charge in [0.05, 0.1) is 6.61 Å². The van der Waals surface area contributed by atoms with Crippen molar-refractivity contribution in [2.24, 2.45) is 0 Å². The summed E-state index contributed by atoms with van der Waals surface area (Å²) in [6.45, 7) is 0.0480. The zero-order valence-corrected chi connectivity index (χ0v) is 12.2. The molecule has 0 aromatic carbocycles. The minimum Gasteiger partial charge on any atom is -0.394 e. The number of carbonyl (C=O) groups excluding carboxylic acids is 2. The van der Waals surface area contributed by atoms with Gasteiger partial charge in [0.25, 0.3) is 0 Å². The Balaban J connectivity index is 0. The summed E-state index contributed by atoms with van der Waals surface area (Å²) in [5.74, 6) is -2.25. The van der Waals surface area contributed by atoms with Crippen LogP contribution < -0.4 is 0 Å². The number of hydrogen-bond acceptors (Lipinski definition) is 9. The first-order valence-corrected chi connectivity index (χ1v) is 6.93. The summed E-state index contributed by atoms with van der Waals surface area (Å²) < 4.78 is 57.5. The number of hydrogen-bond donors (Lipinski definition) is 6. The number of rotatable bonds is 6. The molecule has 0 saturated carbocycles. The first-order chi connectivity index (χ1) is 10.1. The second-order valence-corrected chi connectivity index (χ2v) is 5.43. The van der Waals surface area contributed by atoms with Gasteiger partial charge in [0.2, 0.25) is 5.78 Å². The molecule has 138 valence electrons. The van der Waals surface area contributed by atoms with E-state index in [-0.39, 0.29) is 0 Å². The summed E-state index contributed by atoms with van der Waals surface area (Å²) in [7, 11) is -5.84.